The molecule has 4 nitrogen and oxygen atoms in total. The van der Waals surface area contributed by atoms with Gasteiger partial charge in [0, 0.05) is 16.9 Å². The van der Waals surface area contributed by atoms with Crippen LogP contribution in [0.25, 0.3) is 0 Å². The maximum absolute atomic E-state index is 11.0. The van der Waals surface area contributed by atoms with Gasteiger partial charge in [0.1, 0.15) is 5.75 Å². The predicted octanol–water partition coefficient (Wildman–Crippen LogP) is 3.06. The first-order valence-electron chi connectivity index (χ1n) is 5.84. The lowest BCUT2D eigenvalue weighted by Crippen LogP contribution is -1.99. The summed E-state index contributed by atoms with van der Waals surface area (Å²) in [4.78, 5) is 15.9. The van der Waals surface area contributed by atoms with Crippen molar-refractivity contribution in [1.29, 1.82) is 0 Å². The standard InChI is InChI=1S/C14H15NO3S/c1-8-4-5-11(18-3)10(6-8)7-12-15-13(14(16)17)9(2)19-12/h4-6H,7H2,1-3H3,(H,16,17). The first-order valence-corrected chi connectivity index (χ1v) is 6.66. The molecule has 0 bridgehead atoms. The molecule has 0 amide bonds. The lowest BCUT2D eigenvalue weighted by molar-refractivity contribution is 0.0690. The number of ether oxygens (including phenoxy) is 1. The van der Waals surface area contributed by atoms with Crippen LogP contribution in [-0.2, 0) is 6.42 Å². The maximum Gasteiger partial charge on any atom is 0.355 e. The molecule has 0 aliphatic carbocycles. The van der Waals surface area contributed by atoms with E-state index in [2.05, 4.69) is 4.98 Å². The number of benzene rings is 1. The van der Waals surface area contributed by atoms with E-state index in [1.54, 1.807) is 14.0 Å². The zero-order chi connectivity index (χ0) is 14.0. The second-order valence-corrected chi connectivity index (χ2v) is 5.60. The Kier molecular flexibility index (Phi) is 3.85. The highest BCUT2D eigenvalue weighted by Gasteiger charge is 2.15. The van der Waals surface area contributed by atoms with Crippen LogP contribution in [0.2, 0.25) is 0 Å². The first kappa shape index (κ1) is 13.5. The van der Waals surface area contributed by atoms with Crippen molar-refractivity contribution in [1.82, 2.24) is 4.98 Å². The number of aromatic carboxylic acids is 1. The summed E-state index contributed by atoms with van der Waals surface area (Å²) in [5.41, 5.74) is 2.31. The SMILES string of the molecule is COc1ccc(C)cc1Cc1nc(C(=O)O)c(C)s1. The highest BCUT2D eigenvalue weighted by molar-refractivity contribution is 7.11. The Hall–Kier alpha value is -1.88. The average molecular weight is 277 g/mol. The number of rotatable bonds is 4. The molecular weight excluding hydrogens is 262 g/mol. The molecular formula is C14H15NO3S. The van der Waals surface area contributed by atoms with E-state index in [1.807, 2.05) is 25.1 Å². The summed E-state index contributed by atoms with van der Waals surface area (Å²) in [5.74, 6) is -0.175. The van der Waals surface area contributed by atoms with E-state index in [9.17, 15) is 4.79 Å². The molecule has 1 aromatic carbocycles. The second-order valence-electron chi connectivity index (χ2n) is 4.31. The molecule has 0 atom stereocenters. The van der Waals surface area contributed by atoms with Gasteiger partial charge in [-0.3, -0.25) is 0 Å². The molecule has 0 unspecified atom stereocenters. The number of hydrogen-bond acceptors (Lipinski definition) is 4. The van der Waals surface area contributed by atoms with E-state index in [0.717, 1.165) is 26.8 Å². The Morgan fingerprint density at radius 1 is 1.42 bits per heavy atom. The number of nitrogens with zero attached hydrogens (tertiary/aromatic N) is 1. The highest BCUT2D eigenvalue weighted by atomic mass is 32.1. The van der Waals surface area contributed by atoms with Gasteiger partial charge in [-0.2, -0.15) is 0 Å². The average Bonchev–Trinajstić information content (AvgIpc) is 2.71. The van der Waals surface area contributed by atoms with Crippen LogP contribution in [0, 0.1) is 13.8 Å². The van der Waals surface area contributed by atoms with Gasteiger partial charge in [-0.25, -0.2) is 9.78 Å². The number of aryl methyl sites for hydroxylation is 2. The third-order valence-corrected chi connectivity index (χ3v) is 3.79. The lowest BCUT2D eigenvalue weighted by atomic mass is 10.1. The fraction of sp³-hybridized carbons (Fsp3) is 0.286. The smallest absolute Gasteiger partial charge is 0.355 e. The zero-order valence-electron chi connectivity index (χ0n) is 11.1. The van der Waals surface area contributed by atoms with Crippen molar-refractivity contribution in [3.8, 4) is 5.75 Å². The Bertz CT molecular complexity index is 619. The van der Waals surface area contributed by atoms with Gasteiger partial charge in [-0.1, -0.05) is 17.7 Å². The quantitative estimate of drug-likeness (QED) is 0.933. The van der Waals surface area contributed by atoms with Gasteiger partial charge in [0.25, 0.3) is 0 Å². The summed E-state index contributed by atoms with van der Waals surface area (Å²) >= 11 is 1.42. The summed E-state index contributed by atoms with van der Waals surface area (Å²) in [6.45, 7) is 3.79. The van der Waals surface area contributed by atoms with E-state index in [-0.39, 0.29) is 5.69 Å². The number of carboxylic acids is 1. The van der Waals surface area contributed by atoms with Crippen molar-refractivity contribution in [2.75, 3.05) is 7.11 Å². The van der Waals surface area contributed by atoms with Crippen molar-refractivity contribution in [2.45, 2.75) is 20.3 Å². The molecule has 0 saturated heterocycles. The van der Waals surface area contributed by atoms with Crippen molar-refractivity contribution in [2.24, 2.45) is 0 Å². The first-order chi connectivity index (χ1) is 9.01. The molecule has 100 valence electrons. The Morgan fingerprint density at radius 2 is 2.16 bits per heavy atom. The Labute approximate surface area is 115 Å². The summed E-state index contributed by atoms with van der Waals surface area (Å²) in [7, 11) is 1.63. The molecule has 19 heavy (non-hydrogen) atoms. The van der Waals surface area contributed by atoms with Gasteiger partial charge >= 0.3 is 5.97 Å². The van der Waals surface area contributed by atoms with Crippen LogP contribution in [0.1, 0.15) is 31.5 Å². The zero-order valence-corrected chi connectivity index (χ0v) is 11.9. The van der Waals surface area contributed by atoms with Crippen LogP contribution in [-0.4, -0.2) is 23.2 Å². The van der Waals surface area contributed by atoms with Gasteiger partial charge in [-0.15, -0.1) is 11.3 Å². The Balaban J connectivity index is 2.33. The topological polar surface area (TPSA) is 59.4 Å². The number of aromatic nitrogens is 1. The number of carbonyl (C=O) groups is 1. The van der Waals surface area contributed by atoms with Gasteiger partial charge in [-0.05, 0) is 19.9 Å². The van der Waals surface area contributed by atoms with Gasteiger partial charge in [0.05, 0.1) is 12.1 Å². The molecule has 5 heteroatoms. The Morgan fingerprint density at radius 3 is 2.74 bits per heavy atom. The van der Waals surface area contributed by atoms with E-state index in [1.165, 1.54) is 11.3 Å². The highest BCUT2D eigenvalue weighted by Crippen LogP contribution is 2.26. The number of carboxylic acid groups (broad SMARTS) is 1. The summed E-state index contributed by atoms with van der Waals surface area (Å²) in [5, 5.41) is 9.80. The van der Waals surface area contributed by atoms with Crippen LogP contribution >= 0.6 is 11.3 Å². The lowest BCUT2D eigenvalue weighted by Gasteiger charge is -2.07. The van der Waals surface area contributed by atoms with Crippen molar-refractivity contribution in [3.05, 3.63) is 44.9 Å². The molecule has 0 saturated carbocycles. The fourth-order valence-corrected chi connectivity index (χ4v) is 2.88. The molecule has 0 aliphatic rings. The molecule has 2 aromatic rings. The monoisotopic (exact) mass is 277 g/mol. The van der Waals surface area contributed by atoms with E-state index in [4.69, 9.17) is 9.84 Å². The molecule has 0 radical (unpaired) electrons. The van der Waals surface area contributed by atoms with E-state index >= 15 is 0 Å². The van der Waals surface area contributed by atoms with Crippen molar-refractivity contribution < 1.29 is 14.6 Å². The summed E-state index contributed by atoms with van der Waals surface area (Å²) in [6.07, 6.45) is 0.587. The van der Waals surface area contributed by atoms with E-state index in [0.29, 0.717) is 6.42 Å². The minimum atomic E-state index is -0.976. The van der Waals surface area contributed by atoms with Crippen LogP contribution < -0.4 is 4.74 Å². The van der Waals surface area contributed by atoms with Crippen molar-refractivity contribution >= 4 is 17.3 Å². The molecule has 1 N–H and O–H groups in total. The molecule has 0 aliphatic heterocycles. The maximum atomic E-state index is 11.0. The van der Waals surface area contributed by atoms with Crippen LogP contribution in [0.5, 0.6) is 5.75 Å². The number of methoxy groups -OCH3 is 1. The molecule has 1 heterocycles. The second kappa shape index (κ2) is 5.40. The normalized spacial score (nSPS) is 10.5. The van der Waals surface area contributed by atoms with Crippen LogP contribution in [0.4, 0.5) is 0 Å². The molecule has 1 aromatic heterocycles. The third kappa shape index (κ3) is 2.93. The predicted molar refractivity (Wildman–Crippen MR) is 74.3 cm³/mol. The van der Waals surface area contributed by atoms with Crippen molar-refractivity contribution in [3.63, 3.8) is 0 Å². The minimum Gasteiger partial charge on any atom is -0.496 e. The largest absolute Gasteiger partial charge is 0.496 e. The van der Waals surface area contributed by atoms with E-state index < -0.39 is 5.97 Å². The minimum absolute atomic E-state index is 0.145. The van der Waals surface area contributed by atoms with Gasteiger partial charge in [0.2, 0.25) is 0 Å². The van der Waals surface area contributed by atoms with Gasteiger partial charge in [0.15, 0.2) is 5.69 Å². The van der Waals surface area contributed by atoms with Crippen LogP contribution in [0.15, 0.2) is 18.2 Å². The summed E-state index contributed by atoms with van der Waals surface area (Å²) < 4.78 is 5.32. The molecule has 0 spiro atoms. The third-order valence-electron chi connectivity index (χ3n) is 2.82. The molecule has 0 fully saturated rings. The summed E-state index contributed by atoms with van der Waals surface area (Å²) in [6, 6.07) is 5.94. The number of hydrogen-bond donors (Lipinski definition) is 1. The van der Waals surface area contributed by atoms with Crippen LogP contribution in [0.3, 0.4) is 0 Å². The van der Waals surface area contributed by atoms with Gasteiger partial charge < -0.3 is 9.84 Å². The number of thiazole rings is 1. The molecule has 2 rings (SSSR count). The fourth-order valence-electron chi connectivity index (χ4n) is 1.93.